The molecule has 0 spiro atoms. The van der Waals surface area contributed by atoms with Crippen molar-refractivity contribution in [1.29, 1.82) is 0 Å². The summed E-state index contributed by atoms with van der Waals surface area (Å²) < 4.78 is 4.71. The standard InChI is InChI=1S/C15H18O5/c1-4-20-13(17)9-12(16)10-5-7-11(8-6-10)15(2,3)14(18)19/h5-8H,4,9H2,1-3H3,(H,18,19). The van der Waals surface area contributed by atoms with Crippen molar-refractivity contribution in [2.45, 2.75) is 32.6 Å². The Labute approximate surface area is 117 Å². The second kappa shape index (κ2) is 6.32. The predicted molar refractivity (Wildman–Crippen MR) is 72.7 cm³/mol. The van der Waals surface area contributed by atoms with E-state index in [-0.39, 0.29) is 18.8 Å². The second-order valence-corrected chi connectivity index (χ2v) is 4.91. The van der Waals surface area contributed by atoms with Crippen LogP contribution < -0.4 is 0 Å². The third kappa shape index (κ3) is 3.66. The zero-order chi connectivity index (χ0) is 15.3. The molecule has 0 unspecified atom stereocenters. The Hall–Kier alpha value is -2.17. The van der Waals surface area contributed by atoms with Gasteiger partial charge in [-0.1, -0.05) is 24.3 Å². The Morgan fingerprint density at radius 3 is 2.15 bits per heavy atom. The lowest BCUT2D eigenvalue weighted by Gasteiger charge is -2.19. The topological polar surface area (TPSA) is 80.7 Å². The van der Waals surface area contributed by atoms with Crippen LogP contribution in [0.1, 0.15) is 43.1 Å². The summed E-state index contributed by atoms with van der Waals surface area (Å²) in [5.41, 5.74) is -0.0661. The zero-order valence-corrected chi connectivity index (χ0v) is 11.8. The largest absolute Gasteiger partial charge is 0.481 e. The number of esters is 1. The number of aliphatic carboxylic acids is 1. The molecule has 5 heteroatoms. The first kappa shape index (κ1) is 15.9. The van der Waals surface area contributed by atoms with Gasteiger partial charge in [0.05, 0.1) is 12.0 Å². The van der Waals surface area contributed by atoms with Crippen LogP contribution in [0.25, 0.3) is 0 Å². The highest BCUT2D eigenvalue weighted by atomic mass is 16.5. The van der Waals surface area contributed by atoms with Crippen LogP contribution in [-0.2, 0) is 19.7 Å². The lowest BCUT2D eigenvalue weighted by atomic mass is 9.84. The number of hydrogen-bond donors (Lipinski definition) is 1. The van der Waals surface area contributed by atoms with E-state index >= 15 is 0 Å². The molecule has 1 aromatic rings. The fraction of sp³-hybridized carbons (Fsp3) is 0.400. The van der Waals surface area contributed by atoms with Crippen LogP contribution in [0.3, 0.4) is 0 Å². The third-order valence-corrected chi connectivity index (χ3v) is 3.07. The predicted octanol–water partition coefficient (Wildman–Crippen LogP) is 2.18. The van der Waals surface area contributed by atoms with Gasteiger partial charge in [0.2, 0.25) is 0 Å². The molecule has 1 rings (SSSR count). The second-order valence-electron chi connectivity index (χ2n) is 4.91. The van der Waals surface area contributed by atoms with Gasteiger partial charge in [0.1, 0.15) is 6.42 Å². The normalized spacial score (nSPS) is 10.9. The van der Waals surface area contributed by atoms with E-state index in [1.54, 1.807) is 32.9 Å². The molecule has 108 valence electrons. The molecule has 5 nitrogen and oxygen atoms in total. The molecule has 0 aliphatic rings. The van der Waals surface area contributed by atoms with Crippen molar-refractivity contribution < 1.29 is 24.2 Å². The van der Waals surface area contributed by atoms with E-state index < -0.39 is 17.4 Å². The molecule has 0 heterocycles. The zero-order valence-electron chi connectivity index (χ0n) is 11.8. The van der Waals surface area contributed by atoms with Gasteiger partial charge in [-0.25, -0.2) is 0 Å². The first-order valence-electron chi connectivity index (χ1n) is 6.31. The molecule has 0 saturated heterocycles. The van der Waals surface area contributed by atoms with Crippen molar-refractivity contribution in [1.82, 2.24) is 0 Å². The third-order valence-electron chi connectivity index (χ3n) is 3.07. The van der Waals surface area contributed by atoms with E-state index in [1.807, 2.05) is 0 Å². The van der Waals surface area contributed by atoms with E-state index in [0.29, 0.717) is 11.1 Å². The maximum absolute atomic E-state index is 11.8. The molecule has 0 atom stereocenters. The van der Waals surface area contributed by atoms with Crippen LogP contribution in [0.5, 0.6) is 0 Å². The smallest absolute Gasteiger partial charge is 0.313 e. The van der Waals surface area contributed by atoms with Gasteiger partial charge in [-0.3, -0.25) is 14.4 Å². The van der Waals surface area contributed by atoms with Crippen molar-refractivity contribution in [2.24, 2.45) is 0 Å². The van der Waals surface area contributed by atoms with Gasteiger partial charge >= 0.3 is 11.9 Å². The van der Waals surface area contributed by atoms with Gasteiger partial charge in [-0.05, 0) is 26.3 Å². The van der Waals surface area contributed by atoms with Crippen LogP contribution >= 0.6 is 0 Å². The molecule has 0 bridgehead atoms. The number of carboxylic acids is 1. The SMILES string of the molecule is CCOC(=O)CC(=O)c1ccc(C(C)(C)C(=O)O)cc1. The Balaban J connectivity index is 2.84. The number of rotatable bonds is 6. The lowest BCUT2D eigenvalue weighted by Crippen LogP contribution is -2.28. The van der Waals surface area contributed by atoms with E-state index in [0.717, 1.165) is 0 Å². The number of hydrogen-bond acceptors (Lipinski definition) is 4. The fourth-order valence-corrected chi connectivity index (χ4v) is 1.64. The Morgan fingerprint density at radius 2 is 1.70 bits per heavy atom. The molecule has 20 heavy (non-hydrogen) atoms. The number of ketones is 1. The van der Waals surface area contributed by atoms with Crippen LogP contribution in [0.2, 0.25) is 0 Å². The number of carboxylic acid groups (broad SMARTS) is 1. The van der Waals surface area contributed by atoms with E-state index in [4.69, 9.17) is 9.84 Å². The maximum Gasteiger partial charge on any atom is 0.313 e. The molecule has 0 fully saturated rings. The molecular weight excluding hydrogens is 260 g/mol. The van der Waals surface area contributed by atoms with Gasteiger partial charge in [-0.2, -0.15) is 0 Å². The van der Waals surface area contributed by atoms with E-state index in [1.165, 1.54) is 12.1 Å². The summed E-state index contributed by atoms with van der Waals surface area (Å²) in [7, 11) is 0. The van der Waals surface area contributed by atoms with E-state index in [2.05, 4.69) is 0 Å². The van der Waals surface area contributed by atoms with Gasteiger partial charge in [-0.15, -0.1) is 0 Å². The highest BCUT2D eigenvalue weighted by Gasteiger charge is 2.29. The fourth-order valence-electron chi connectivity index (χ4n) is 1.64. The summed E-state index contributed by atoms with van der Waals surface area (Å²) in [6, 6.07) is 6.24. The van der Waals surface area contributed by atoms with Crippen molar-refractivity contribution in [3.63, 3.8) is 0 Å². The van der Waals surface area contributed by atoms with Gasteiger partial charge in [0.25, 0.3) is 0 Å². The maximum atomic E-state index is 11.8. The van der Waals surface area contributed by atoms with Gasteiger partial charge in [0.15, 0.2) is 5.78 Å². The Morgan fingerprint density at radius 1 is 1.15 bits per heavy atom. The summed E-state index contributed by atoms with van der Waals surface area (Å²) in [6.07, 6.45) is -0.310. The molecule has 1 aromatic carbocycles. The van der Waals surface area contributed by atoms with Crippen LogP contribution in [0, 0.1) is 0 Å². The first-order chi connectivity index (χ1) is 9.28. The number of ether oxygens (including phenoxy) is 1. The molecule has 1 N–H and O–H groups in total. The van der Waals surface area contributed by atoms with Gasteiger partial charge < -0.3 is 9.84 Å². The van der Waals surface area contributed by atoms with Crippen LogP contribution in [0.15, 0.2) is 24.3 Å². The summed E-state index contributed by atoms with van der Waals surface area (Å²) in [4.78, 5) is 34.2. The van der Waals surface area contributed by atoms with Crippen LogP contribution in [-0.4, -0.2) is 29.4 Å². The monoisotopic (exact) mass is 278 g/mol. The summed E-state index contributed by atoms with van der Waals surface area (Å²) >= 11 is 0. The van der Waals surface area contributed by atoms with Crippen molar-refractivity contribution in [3.05, 3.63) is 35.4 Å². The summed E-state index contributed by atoms with van der Waals surface area (Å²) in [6.45, 7) is 5.08. The molecule has 0 aliphatic heterocycles. The highest BCUT2D eigenvalue weighted by Crippen LogP contribution is 2.23. The molecule has 0 saturated carbocycles. The average Bonchev–Trinajstić information content (AvgIpc) is 2.38. The molecule has 0 aliphatic carbocycles. The number of carbonyl (C=O) groups excluding carboxylic acids is 2. The van der Waals surface area contributed by atoms with Crippen molar-refractivity contribution in [2.75, 3.05) is 6.61 Å². The summed E-state index contributed by atoms with van der Waals surface area (Å²) in [5.74, 6) is -1.85. The molecular formula is C15H18O5. The average molecular weight is 278 g/mol. The van der Waals surface area contributed by atoms with Crippen LogP contribution in [0.4, 0.5) is 0 Å². The van der Waals surface area contributed by atoms with Crippen molar-refractivity contribution in [3.8, 4) is 0 Å². The van der Waals surface area contributed by atoms with E-state index in [9.17, 15) is 14.4 Å². The highest BCUT2D eigenvalue weighted by molar-refractivity contribution is 6.06. The quantitative estimate of drug-likeness (QED) is 0.490. The number of Topliss-reactive ketones (excluding diaryl/α,β-unsaturated/α-hetero) is 1. The minimum Gasteiger partial charge on any atom is -0.481 e. The van der Waals surface area contributed by atoms with Crippen molar-refractivity contribution >= 4 is 17.7 Å². The molecule has 0 aromatic heterocycles. The lowest BCUT2D eigenvalue weighted by molar-refractivity contribution is -0.143. The molecule has 0 amide bonds. The number of carbonyl (C=O) groups is 3. The number of benzene rings is 1. The first-order valence-corrected chi connectivity index (χ1v) is 6.31. The van der Waals surface area contributed by atoms with Gasteiger partial charge in [0, 0.05) is 5.56 Å². The molecule has 0 radical (unpaired) electrons. The summed E-state index contributed by atoms with van der Waals surface area (Å²) in [5, 5.41) is 9.12. The minimum absolute atomic E-state index is 0.234. The Bertz CT molecular complexity index is 514. The minimum atomic E-state index is -1.03. The Kier molecular flexibility index (Phi) is 5.02.